The van der Waals surface area contributed by atoms with Crippen LogP contribution in [0.5, 0.6) is 0 Å². The molecule has 19 heavy (non-hydrogen) atoms. The van der Waals surface area contributed by atoms with E-state index in [2.05, 4.69) is 11.9 Å². The molecular formula is C14H22BNO3. The summed E-state index contributed by atoms with van der Waals surface area (Å²) >= 11 is 0. The van der Waals surface area contributed by atoms with Crippen LogP contribution in [0.3, 0.4) is 0 Å². The minimum Gasteiger partial charge on any atom is -0.423 e. The van der Waals surface area contributed by atoms with Gasteiger partial charge in [-0.2, -0.15) is 0 Å². The molecule has 0 amide bonds. The van der Waals surface area contributed by atoms with E-state index in [1.807, 2.05) is 18.2 Å². The fraction of sp³-hybridized carbons (Fsp3) is 0.571. The zero-order valence-corrected chi connectivity index (χ0v) is 11.5. The molecule has 2 rings (SSSR count). The Morgan fingerprint density at radius 2 is 2.05 bits per heavy atom. The van der Waals surface area contributed by atoms with E-state index >= 15 is 0 Å². The van der Waals surface area contributed by atoms with E-state index in [1.165, 1.54) is 0 Å². The van der Waals surface area contributed by atoms with Crippen molar-refractivity contribution in [2.24, 2.45) is 5.92 Å². The molecule has 0 aromatic heterocycles. The number of hydrogen-bond acceptors (Lipinski definition) is 4. The molecule has 1 aliphatic heterocycles. The highest BCUT2D eigenvalue weighted by molar-refractivity contribution is 6.58. The second-order valence-corrected chi connectivity index (χ2v) is 5.37. The van der Waals surface area contributed by atoms with Crippen LogP contribution in [0.1, 0.15) is 18.4 Å². The molecule has 0 saturated carbocycles. The molecule has 104 valence electrons. The molecule has 0 aliphatic carbocycles. The molecule has 2 N–H and O–H groups in total. The Hall–Kier alpha value is -0.875. The Morgan fingerprint density at radius 1 is 1.32 bits per heavy atom. The lowest BCUT2D eigenvalue weighted by Gasteiger charge is -2.27. The first-order valence-corrected chi connectivity index (χ1v) is 6.86. The molecule has 0 radical (unpaired) electrons. The Kier molecular flexibility index (Phi) is 5.40. The van der Waals surface area contributed by atoms with Crippen molar-refractivity contribution in [1.29, 1.82) is 0 Å². The van der Waals surface area contributed by atoms with Crippen LogP contribution in [0.15, 0.2) is 24.3 Å². The van der Waals surface area contributed by atoms with Crippen LogP contribution in [0, 0.1) is 5.92 Å². The molecular weight excluding hydrogens is 241 g/mol. The quantitative estimate of drug-likeness (QED) is 0.746. The summed E-state index contributed by atoms with van der Waals surface area (Å²) in [7, 11) is 0.720. The lowest BCUT2D eigenvalue weighted by Crippen LogP contribution is -2.32. The number of nitrogens with zero attached hydrogens (tertiary/aromatic N) is 1. The van der Waals surface area contributed by atoms with Crippen molar-refractivity contribution in [3.05, 3.63) is 29.8 Å². The maximum Gasteiger partial charge on any atom is 0.488 e. The first-order valence-electron chi connectivity index (χ1n) is 6.86. The predicted molar refractivity (Wildman–Crippen MR) is 76.1 cm³/mol. The van der Waals surface area contributed by atoms with E-state index in [1.54, 1.807) is 6.07 Å². The fourth-order valence-corrected chi connectivity index (χ4v) is 2.60. The first kappa shape index (κ1) is 14.5. The maximum absolute atomic E-state index is 9.17. The van der Waals surface area contributed by atoms with Gasteiger partial charge in [0.25, 0.3) is 0 Å². The smallest absolute Gasteiger partial charge is 0.423 e. The molecule has 0 bridgehead atoms. The zero-order chi connectivity index (χ0) is 13.7. The van der Waals surface area contributed by atoms with Crippen molar-refractivity contribution in [3.8, 4) is 0 Å². The standard InChI is InChI=1S/C14H22BNO3/c1-16(10-12-5-7-19-8-6-12)11-13-3-2-4-14(9-13)15(17)18/h2-4,9,12,17-18H,5-8,10-11H2,1H3. The van der Waals surface area contributed by atoms with E-state index in [4.69, 9.17) is 4.74 Å². The zero-order valence-electron chi connectivity index (χ0n) is 11.5. The first-order chi connectivity index (χ1) is 9.15. The van der Waals surface area contributed by atoms with E-state index in [9.17, 15) is 10.0 Å². The molecule has 1 aliphatic rings. The van der Waals surface area contributed by atoms with Crippen molar-refractivity contribution in [3.63, 3.8) is 0 Å². The molecule has 0 spiro atoms. The summed E-state index contributed by atoms with van der Waals surface area (Å²) in [5.41, 5.74) is 1.66. The van der Waals surface area contributed by atoms with Crippen molar-refractivity contribution in [1.82, 2.24) is 4.90 Å². The normalized spacial score (nSPS) is 16.8. The molecule has 1 fully saturated rings. The monoisotopic (exact) mass is 263 g/mol. The average molecular weight is 263 g/mol. The van der Waals surface area contributed by atoms with Gasteiger partial charge in [-0.05, 0) is 36.8 Å². The van der Waals surface area contributed by atoms with E-state index in [-0.39, 0.29) is 0 Å². The van der Waals surface area contributed by atoms with Crippen LogP contribution in [-0.4, -0.2) is 48.9 Å². The van der Waals surface area contributed by atoms with Gasteiger partial charge in [-0.1, -0.05) is 24.3 Å². The molecule has 4 nitrogen and oxygen atoms in total. The fourth-order valence-electron chi connectivity index (χ4n) is 2.60. The SMILES string of the molecule is CN(Cc1cccc(B(O)O)c1)CC1CCOCC1. The Balaban J connectivity index is 1.87. The lowest BCUT2D eigenvalue weighted by atomic mass is 9.79. The Morgan fingerprint density at radius 3 is 2.74 bits per heavy atom. The highest BCUT2D eigenvalue weighted by Crippen LogP contribution is 2.16. The van der Waals surface area contributed by atoms with Crippen LogP contribution < -0.4 is 5.46 Å². The third kappa shape index (κ3) is 4.62. The second-order valence-electron chi connectivity index (χ2n) is 5.37. The van der Waals surface area contributed by atoms with Gasteiger partial charge in [0.2, 0.25) is 0 Å². The number of hydrogen-bond donors (Lipinski definition) is 2. The number of rotatable bonds is 5. The Bertz CT molecular complexity index is 394. The van der Waals surface area contributed by atoms with Crippen molar-refractivity contribution >= 4 is 12.6 Å². The Labute approximate surface area is 115 Å². The third-order valence-electron chi connectivity index (χ3n) is 3.61. The largest absolute Gasteiger partial charge is 0.488 e. The van der Waals surface area contributed by atoms with E-state index < -0.39 is 7.12 Å². The van der Waals surface area contributed by atoms with Crippen LogP contribution >= 0.6 is 0 Å². The molecule has 1 aromatic carbocycles. The van der Waals surface area contributed by atoms with Crippen LogP contribution in [0.2, 0.25) is 0 Å². The number of benzene rings is 1. The van der Waals surface area contributed by atoms with Gasteiger partial charge in [-0.15, -0.1) is 0 Å². The van der Waals surface area contributed by atoms with Gasteiger partial charge in [0.05, 0.1) is 0 Å². The maximum atomic E-state index is 9.17. The van der Waals surface area contributed by atoms with Crippen LogP contribution in [-0.2, 0) is 11.3 Å². The molecule has 1 aromatic rings. The van der Waals surface area contributed by atoms with Gasteiger partial charge in [-0.3, -0.25) is 0 Å². The second kappa shape index (κ2) is 7.05. The minimum absolute atomic E-state index is 0.553. The van der Waals surface area contributed by atoms with Gasteiger partial charge in [-0.25, -0.2) is 0 Å². The van der Waals surface area contributed by atoms with Crippen molar-refractivity contribution in [2.75, 3.05) is 26.8 Å². The lowest BCUT2D eigenvalue weighted by molar-refractivity contribution is 0.0549. The summed E-state index contributed by atoms with van der Waals surface area (Å²) in [4.78, 5) is 2.29. The molecule has 1 saturated heterocycles. The summed E-state index contributed by atoms with van der Waals surface area (Å²) in [6.07, 6.45) is 2.28. The summed E-state index contributed by atoms with van der Waals surface area (Å²) < 4.78 is 5.37. The summed E-state index contributed by atoms with van der Waals surface area (Å²) in [6.45, 7) is 3.66. The topological polar surface area (TPSA) is 52.9 Å². The highest BCUT2D eigenvalue weighted by Gasteiger charge is 2.16. The number of ether oxygens (including phenoxy) is 1. The van der Waals surface area contributed by atoms with E-state index in [0.717, 1.165) is 44.7 Å². The average Bonchev–Trinajstić information content (AvgIpc) is 2.40. The van der Waals surface area contributed by atoms with E-state index in [0.29, 0.717) is 11.4 Å². The van der Waals surface area contributed by atoms with Crippen molar-refractivity contribution in [2.45, 2.75) is 19.4 Å². The summed E-state index contributed by atoms with van der Waals surface area (Å²) in [5, 5.41) is 18.3. The highest BCUT2D eigenvalue weighted by atomic mass is 16.5. The molecule has 1 heterocycles. The predicted octanol–water partition coefficient (Wildman–Crippen LogP) is 0.225. The van der Waals surface area contributed by atoms with Gasteiger partial charge in [0, 0.05) is 26.3 Å². The molecule has 0 unspecified atom stereocenters. The van der Waals surface area contributed by atoms with Gasteiger partial charge >= 0.3 is 7.12 Å². The third-order valence-corrected chi connectivity index (χ3v) is 3.61. The van der Waals surface area contributed by atoms with Gasteiger partial charge in [0.1, 0.15) is 0 Å². The van der Waals surface area contributed by atoms with Crippen LogP contribution in [0.25, 0.3) is 0 Å². The molecule has 0 atom stereocenters. The van der Waals surface area contributed by atoms with Gasteiger partial charge < -0.3 is 19.7 Å². The summed E-state index contributed by atoms with van der Waals surface area (Å²) in [5.74, 6) is 0.713. The summed E-state index contributed by atoms with van der Waals surface area (Å²) in [6, 6.07) is 7.47. The molecule has 5 heteroatoms. The minimum atomic E-state index is -1.39. The van der Waals surface area contributed by atoms with Crippen LogP contribution in [0.4, 0.5) is 0 Å². The van der Waals surface area contributed by atoms with Crippen molar-refractivity contribution < 1.29 is 14.8 Å². The van der Waals surface area contributed by atoms with Gasteiger partial charge in [0.15, 0.2) is 0 Å².